The van der Waals surface area contributed by atoms with Gasteiger partial charge in [0.25, 0.3) is 0 Å². The number of methoxy groups -OCH3 is 1. The fraction of sp³-hybridized carbons (Fsp3) is 0.250. The standard InChI is InChI=1S/C20H19F3N4O4/c1-3-30-19(28)17-18(24-14-6-10-16(11-7-14)31-20(21,22)23)27(26-25-17)12-13-4-8-15(29-2)9-5-13/h4-11,24H,3,12H2,1-2H3. The first-order chi connectivity index (χ1) is 14.8. The van der Waals surface area contributed by atoms with Gasteiger partial charge in [-0.05, 0) is 48.9 Å². The van der Waals surface area contributed by atoms with E-state index in [4.69, 9.17) is 9.47 Å². The summed E-state index contributed by atoms with van der Waals surface area (Å²) >= 11 is 0. The number of anilines is 2. The Morgan fingerprint density at radius 3 is 2.29 bits per heavy atom. The highest BCUT2D eigenvalue weighted by Gasteiger charge is 2.31. The normalized spacial score (nSPS) is 11.1. The minimum atomic E-state index is -4.78. The molecule has 1 aromatic heterocycles. The van der Waals surface area contributed by atoms with E-state index in [1.54, 1.807) is 26.2 Å². The number of hydrogen-bond donors (Lipinski definition) is 1. The van der Waals surface area contributed by atoms with Crippen LogP contribution in [0.3, 0.4) is 0 Å². The summed E-state index contributed by atoms with van der Waals surface area (Å²) in [6.45, 7) is 2.08. The number of carbonyl (C=O) groups excluding carboxylic acids is 1. The third kappa shape index (κ3) is 5.87. The van der Waals surface area contributed by atoms with Gasteiger partial charge in [-0.15, -0.1) is 18.3 Å². The number of benzene rings is 2. The summed E-state index contributed by atoms with van der Waals surface area (Å²) in [5, 5.41) is 10.9. The first-order valence-electron chi connectivity index (χ1n) is 9.15. The molecule has 3 rings (SSSR count). The van der Waals surface area contributed by atoms with Crippen molar-refractivity contribution in [2.24, 2.45) is 0 Å². The molecule has 0 aliphatic heterocycles. The molecule has 1 heterocycles. The molecule has 11 heteroatoms. The van der Waals surface area contributed by atoms with E-state index in [9.17, 15) is 18.0 Å². The van der Waals surface area contributed by atoms with Gasteiger partial charge in [-0.25, -0.2) is 9.48 Å². The second-order valence-electron chi connectivity index (χ2n) is 6.21. The number of aromatic nitrogens is 3. The van der Waals surface area contributed by atoms with Crippen LogP contribution in [-0.2, 0) is 11.3 Å². The third-order valence-electron chi connectivity index (χ3n) is 4.05. The lowest BCUT2D eigenvalue weighted by Crippen LogP contribution is -2.17. The quantitative estimate of drug-likeness (QED) is 0.531. The SMILES string of the molecule is CCOC(=O)c1nnn(Cc2ccc(OC)cc2)c1Nc1ccc(OC(F)(F)F)cc1. The van der Waals surface area contributed by atoms with E-state index in [0.717, 1.165) is 17.7 Å². The van der Waals surface area contributed by atoms with Gasteiger partial charge >= 0.3 is 12.3 Å². The number of halogens is 3. The molecule has 164 valence electrons. The molecule has 1 N–H and O–H groups in total. The highest BCUT2D eigenvalue weighted by Crippen LogP contribution is 2.26. The average molecular weight is 436 g/mol. The van der Waals surface area contributed by atoms with Crippen LogP contribution in [0.5, 0.6) is 11.5 Å². The Kier molecular flexibility index (Phi) is 6.63. The van der Waals surface area contributed by atoms with Crippen LogP contribution in [0.25, 0.3) is 0 Å². The molecule has 0 saturated carbocycles. The number of carbonyl (C=O) groups is 1. The molecular weight excluding hydrogens is 417 g/mol. The van der Waals surface area contributed by atoms with E-state index in [1.165, 1.54) is 16.8 Å². The average Bonchev–Trinajstić information content (AvgIpc) is 3.11. The Balaban J connectivity index is 1.86. The van der Waals surface area contributed by atoms with Crippen molar-refractivity contribution in [1.82, 2.24) is 15.0 Å². The summed E-state index contributed by atoms with van der Waals surface area (Å²) in [5.74, 6) is -0.121. The van der Waals surface area contributed by atoms with Crippen LogP contribution in [0.1, 0.15) is 23.0 Å². The maximum atomic E-state index is 12.4. The highest BCUT2D eigenvalue weighted by molar-refractivity contribution is 5.93. The molecule has 0 bridgehead atoms. The van der Waals surface area contributed by atoms with E-state index < -0.39 is 12.3 Å². The first-order valence-corrected chi connectivity index (χ1v) is 9.15. The molecular formula is C20H19F3N4O4. The van der Waals surface area contributed by atoms with Crippen molar-refractivity contribution < 1.29 is 32.2 Å². The van der Waals surface area contributed by atoms with Crippen molar-refractivity contribution in [3.8, 4) is 11.5 Å². The minimum Gasteiger partial charge on any atom is -0.497 e. The van der Waals surface area contributed by atoms with Crippen molar-refractivity contribution >= 4 is 17.5 Å². The van der Waals surface area contributed by atoms with E-state index in [1.807, 2.05) is 12.1 Å². The van der Waals surface area contributed by atoms with Crippen LogP contribution < -0.4 is 14.8 Å². The number of ether oxygens (including phenoxy) is 3. The second kappa shape index (κ2) is 9.37. The number of rotatable bonds is 8. The molecule has 0 atom stereocenters. The zero-order chi connectivity index (χ0) is 22.4. The third-order valence-corrected chi connectivity index (χ3v) is 4.05. The van der Waals surface area contributed by atoms with Gasteiger partial charge in [0.2, 0.25) is 5.69 Å². The Morgan fingerprint density at radius 2 is 1.71 bits per heavy atom. The smallest absolute Gasteiger partial charge is 0.497 e. The number of nitrogens with one attached hydrogen (secondary N) is 1. The van der Waals surface area contributed by atoms with Crippen LogP contribution in [0, 0.1) is 0 Å². The van der Waals surface area contributed by atoms with Gasteiger partial charge in [-0.1, -0.05) is 17.3 Å². The summed E-state index contributed by atoms with van der Waals surface area (Å²) in [5.41, 5.74) is 1.21. The maximum Gasteiger partial charge on any atom is 0.573 e. The predicted octanol–water partition coefficient (Wildman–Crippen LogP) is 4.15. The first kappa shape index (κ1) is 21.9. The van der Waals surface area contributed by atoms with Gasteiger partial charge in [0, 0.05) is 5.69 Å². The monoisotopic (exact) mass is 436 g/mol. The Hall–Kier alpha value is -3.76. The Bertz CT molecular complexity index is 1020. The predicted molar refractivity (Wildman–Crippen MR) is 104 cm³/mol. The van der Waals surface area contributed by atoms with Crippen LogP contribution in [-0.4, -0.2) is 41.0 Å². The number of alkyl halides is 3. The largest absolute Gasteiger partial charge is 0.573 e. The lowest BCUT2D eigenvalue weighted by atomic mass is 10.2. The molecule has 0 spiro atoms. The summed E-state index contributed by atoms with van der Waals surface area (Å²) < 4.78 is 52.5. The summed E-state index contributed by atoms with van der Waals surface area (Å²) in [7, 11) is 1.56. The molecule has 2 aromatic carbocycles. The zero-order valence-corrected chi connectivity index (χ0v) is 16.6. The summed E-state index contributed by atoms with van der Waals surface area (Å²) in [6, 6.07) is 12.3. The van der Waals surface area contributed by atoms with Crippen LogP contribution in [0.4, 0.5) is 24.7 Å². The molecule has 0 saturated heterocycles. The van der Waals surface area contributed by atoms with Gasteiger partial charge in [0.15, 0.2) is 5.82 Å². The second-order valence-corrected chi connectivity index (χ2v) is 6.21. The molecule has 0 fully saturated rings. The fourth-order valence-corrected chi connectivity index (χ4v) is 2.66. The highest BCUT2D eigenvalue weighted by atomic mass is 19.4. The van der Waals surface area contributed by atoms with Crippen LogP contribution in [0.2, 0.25) is 0 Å². The lowest BCUT2D eigenvalue weighted by Gasteiger charge is -2.12. The number of nitrogens with zero attached hydrogens (tertiary/aromatic N) is 3. The van der Waals surface area contributed by atoms with E-state index in [-0.39, 0.29) is 30.4 Å². The summed E-state index contributed by atoms with van der Waals surface area (Å²) in [4.78, 5) is 12.3. The Labute approximate surface area is 175 Å². The van der Waals surface area contributed by atoms with Crippen molar-refractivity contribution in [1.29, 1.82) is 0 Å². The molecule has 31 heavy (non-hydrogen) atoms. The molecule has 0 aliphatic carbocycles. The van der Waals surface area contributed by atoms with Crippen molar-refractivity contribution in [3.05, 3.63) is 59.8 Å². The molecule has 0 unspecified atom stereocenters. The topological polar surface area (TPSA) is 87.5 Å². The molecule has 8 nitrogen and oxygen atoms in total. The molecule has 0 aliphatic rings. The molecule has 3 aromatic rings. The van der Waals surface area contributed by atoms with E-state index in [2.05, 4.69) is 20.4 Å². The summed E-state index contributed by atoms with van der Waals surface area (Å²) in [6.07, 6.45) is -4.78. The van der Waals surface area contributed by atoms with Crippen molar-refractivity contribution in [2.45, 2.75) is 19.8 Å². The van der Waals surface area contributed by atoms with Crippen LogP contribution in [0.15, 0.2) is 48.5 Å². The van der Waals surface area contributed by atoms with E-state index >= 15 is 0 Å². The fourth-order valence-electron chi connectivity index (χ4n) is 2.66. The zero-order valence-electron chi connectivity index (χ0n) is 16.6. The van der Waals surface area contributed by atoms with Crippen molar-refractivity contribution in [3.63, 3.8) is 0 Å². The number of esters is 1. The van der Waals surface area contributed by atoms with Gasteiger partial charge in [0.1, 0.15) is 11.5 Å². The Morgan fingerprint density at radius 1 is 1.06 bits per heavy atom. The van der Waals surface area contributed by atoms with Gasteiger partial charge in [0.05, 0.1) is 20.3 Å². The molecule has 0 radical (unpaired) electrons. The van der Waals surface area contributed by atoms with Gasteiger partial charge in [-0.2, -0.15) is 0 Å². The maximum absolute atomic E-state index is 12.4. The van der Waals surface area contributed by atoms with Gasteiger partial charge in [-0.3, -0.25) is 0 Å². The lowest BCUT2D eigenvalue weighted by molar-refractivity contribution is -0.274. The van der Waals surface area contributed by atoms with Gasteiger partial charge < -0.3 is 19.5 Å². The minimum absolute atomic E-state index is 0.0500. The van der Waals surface area contributed by atoms with E-state index in [0.29, 0.717) is 11.4 Å². The molecule has 0 amide bonds. The van der Waals surface area contributed by atoms with Crippen LogP contribution >= 0.6 is 0 Å². The number of hydrogen-bond acceptors (Lipinski definition) is 7. The van der Waals surface area contributed by atoms with Crippen molar-refractivity contribution in [2.75, 3.05) is 19.0 Å².